The average Bonchev–Trinajstić information content (AvgIpc) is 2.35. The third-order valence-corrected chi connectivity index (χ3v) is 2.96. The molecule has 0 saturated heterocycles. The maximum absolute atomic E-state index is 12.8. The van der Waals surface area contributed by atoms with Crippen LogP contribution in [0.4, 0.5) is 4.39 Å². The summed E-state index contributed by atoms with van der Waals surface area (Å²) in [6, 6.07) is 10.3. The molecule has 0 fully saturated rings. The third kappa shape index (κ3) is 2.70. The van der Waals surface area contributed by atoms with Crippen LogP contribution in [-0.4, -0.2) is 0 Å². The molecule has 0 amide bonds. The van der Waals surface area contributed by atoms with Crippen LogP contribution in [0.15, 0.2) is 36.4 Å². The van der Waals surface area contributed by atoms with Crippen molar-refractivity contribution in [1.82, 2.24) is 0 Å². The Labute approximate surface area is 107 Å². The van der Waals surface area contributed by atoms with Crippen molar-refractivity contribution in [1.29, 1.82) is 0 Å². The summed E-state index contributed by atoms with van der Waals surface area (Å²) in [5.74, 6) is 1.27. The molecule has 0 aliphatic carbocycles. The summed E-state index contributed by atoms with van der Waals surface area (Å²) < 4.78 is 18.7. The van der Waals surface area contributed by atoms with E-state index in [4.69, 9.17) is 4.74 Å². The average molecular weight is 244 g/mol. The predicted molar refractivity (Wildman–Crippen MR) is 71.8 cm³/mol. The molecule has 0 aromatic heterocycles. The largest absolute Gasteiger partial charge is 0.457 e. The van der Waals surface area contributed by atoms with Gasteiger partial charge in [0, 0.05) is 0 Å². The Morgan fingerprint density at radius 2 is 1.56 bits per heavy atom. The van der Waals surface area contributed by atoms with Crippen molar-refractivity contribution in [3.05, 3.63) is 58.9 Å². The topological polar surface area (TPSA) is 9.23 Å². The number of halogens is 1. The Kier molecular flexibility index (Phi) is 3.66. The van der Waals surface area contributed by atoms with E-state index in [-0.39, 0.29) is 5.82 Å². The summed E-state index contributed by atoms with van der Waals surface area (Å²) >= 11 is 0. The van der Waals surface area contributed by atoms with E-state index >= 15 is 0 Å². The maximum Gasteiger partial charge on any atom is 0.133 e. The lowest BCUT2D eigenvalue weighted by Gasteiger charge is -2.13. The van der Waals surface area contributed by atoms with Gasteiger partial charge in [-0.3, -0.25) is 0 Å². The molecule has 0 atom stereocenters. The van der Waals surface area contributed by atoms with E-state index in [0.29, 0.717) is 5.75 Å². The summed E-state index contributed by atoms with van der Waals surface area (Å²) in [6.07, 6.45) is 1.01. The van der Waals surface area contributed by atoms with E-state index in [1.165, 1.54) is 17.7 Å². The van der Waals surface area contributed by atoms with Gasteiger partial charge in [-0.2, -0.15) is 0 Å². The van der Waals surface area contributed by atoms with Crippen molar-refractivity contribution in [3.8, 4) is 11.5 Å². The zero-order valence-electron chi connectivity index (χ0n) is 11.0. The Balaban J connectivity index is 2.31. The van der Waals surface area contributed by atoms with Crippen LogP contribution < -0.4 is 4.74 Å². The fourth-order valence-electron chi connectivity index (χ4n) is 2.03. The minimum Gasteiger partial charge on any atom is -0.457 e. The van der Waals surface area contributed by atoms with E-state index in [1.807, 2.05) is 13.8 Å². The molecule has 0 heterocycles. The molecule has 0 unspecified atom stereocenters. The minimum absolute atomic E-state index is 0.253. The van der Waals surface area contributed by atoms with Crippen molar-refractivity contribution in [3.63, 3.8) is 0 Å². The monoisotopic (exact) mass is 244 g/mol. The first-order chi connectivity index (χ1) is 8.60. The molecule has 1 nitrogen and oxygen atoms in total. The third-order valence-electron chi connectivity index (χ3n) is 2.96. The Hall–Kier alpha value is -1.83. The molecule has 0 saturated carbocycles. The maximum atomic E-state index is 12.8. The van der Waals surface area contributed by atoms with Gasteiger partial charge in [-0.25, -0.2) is 4.39 Å². The van der Waals surface area contributed by atoms with Gasteiger partial charge in [0.2, 0.25) is 0 Å². The van der Waals surface area contributed by atoms with Gasteiger partial charge in [-0.1, -0.05) is 19.1 Å². The number of aryl methyl sites for hydroxylation is 3. The summed E-state index contributed by atoms with van der Waals surface area (Å²) in [7, 11) is 0. The molecule has 0 spiro atoms. The normalized spacial score (nSPS) is 10.4. The second kappa shape index (κ2) is 5.21. The molecule has 0 aliphatic rings. The molecule has 0 aliphatic heterocycles. The van der Waals surface area contributed by atoms with Crippen molar-refractivity contribution < 1.29 is 9.13 Å². The first-order valence-corrected chi connectivity index (χ1v) is 6.13. The number of benzene rings is 2. The van der Waals surface area contributed by atoms with Crippen LogP contribution in [0.5, 0.6) is 11.5 Å². The van der Waals surface area contributed by atoms with Crippen LogP contribution in [0, 0.1) is 19.7 Å². The summed E-state index contributed by atoms with van der Waals surface area (Å²) in [5, 5.41) is 0. The zero-order valence-corrected chi connectivity index (χ0v) is 11.0. The van der Waals surface area contributed by atoms with Crippen LogP contribution in [0.25, 0.3) is 0 Å². The lowest BCUT2D eigenvalue weighted by Crippen LogP contribution is -1.93. The number of hydrogen-bond acceptors (Lipinski definition) is 1. The van der Waals surface area contributed by atoms with Gasteiger partial charge in [0.1, 0.15) is 17.3 Å². The van der Waals surface area contributed by atoms with E-state index in [0.717, 1.165) is 23.3 Å². The molecule has 2 aromatic rings. The SMILES string of the molecule is CCc1cc(C)c(Oc2ccc(F)cc2)c(C)c1. The fourth-order valence-corrected chi connectivity index (χ4v) is 2.03. The second-order valence-corrected chi connectivity index (χ2v) is 4.47. The van der Waals surface area contributed by atoms with Crippen molar-refractivity contribution in [2.75, 3.05) is 0 Å². The molecule has 18 heavy (non-hydrogen) atoms. The zero-order chi connectivity index (χ0) is 13.1. The van der Waals surface area contributed by atoms with Crippen molar-refractivity contribution in [2.45, 2.75) is 27.2 Å². The van der Waals surface area contributed by atoms with Gasteiger partial charge in [-0.05, 0) is 61.2 Å². The highest BCUT2D eigenvalue weighted by molar-refractivity contribution is 5.45. The van der Waals surface area contributed by atoms with Crippen LogP contribution in [-0.2, 0) is 6.42 Å². The quantitative estimate of drug-likeness (QED) is 0.753. The number of hydrogen-bond donors (Lipinski definition) is 0. The molecule has 0 radical (unpaired) electrons. The van der Waals surface area contributed by atoms with Crippen LogP contribution in [0.2, 0.25) is 0 Å². The smallest absolute Gasteiger partial charge is 0.133 e. The van der Waals surface area contributed by atoms with Gasteiger partial charge in [0.15, 0.2) is 0 Å². The Morgan fingerprint density at radius 3 is 2.06 bits per heavy atom. The molecule has 0 bridgehead atoms. The molecule has 2 aromatic carbocycles. The molecule has 0 N–H and O–H groups in total. The molecular weight excluding hydrogens is 227 g/mol. The Bertz CT molecular complexity index is 521. The van der Waals surface area contributed by atoms with Gasteiger partial charge >= 0.3 is 0 Å². The fraction of sp³-hybridized carbons (Fsp3) is 0.250. The van der Waals surface area contributed by atoms with E-state index in [1.54, 1.807) is 12.1 Å². The summed E-state index contributed by atoms with van der Waals surface area (Å²) in [6.45, 7) is 6.20. The highest BCUT2D eigenvalue weighted by Gasteiger charge is 2.07. The molecular formula is C16H17FO. The van der Waals surface area contributed by atoms with Crippen LogP contribution >= 0.6 is 0 Å². The summed E-state index contributed by atoms with van der Waals surface area (Å²) in [5.41, 5.74) is 3.52. The molecule has 2 rings (SSSR count). The van der Waals surface area contributed by atoms with Gasteiger partial charge in [0.05, 0.1) is 0 Å². The first-order valence-electron chi connectivity index (χ1n) is 6.13. The van der Waals surface area contributed by atoms with E-state index in [9.17, 15) is 4.39 Å². The lowest BCUT2D eigenvalue weighted by molar-refractivity contribution is 0.473. The lowest BCUT2D eigenvalue weighted by atomic mass is 10.0. The number of ether oxygens (including phenoxy) is 1. The van der Waals surface area contributed by atoms with Crippen molar-refractivity contribution >= 4 is 0 Å². The number of rotatable bonds is 3. The van der Waals surface area contributed by atoms with Gasteiger partial charge in [0.25, 0.3) is 0 Å². The molecule has 2 heteroatoms. The van der Waals surface area contributed by atoms with Gasteiger partial charge in [-0.15, -0.1) is 0 Å². The van der Waals surface area contributed by atoms with Crippen molar-refractivity contribution in [2.24, 2.45) is 0 Å². The molecule has 94 valence electrons. The predicted octanol–water partition coefficient (Wildman–Crippen LogP) is 4.80. The second-order valence-electron chi connectivity index (χ2n) is 4.47. The van der Waals surface area contributed by atoms with E-state index in [2.05, 4.69) is 19.1 Å². The first kappa shape index (κ1) is 12.6. The minimum atomic E-state index is -0.253. The summed E-state index contributed by atoms with van der Waals surface area (Å²) in [4.78, 5) is 0. The highest BCUT2D eigenvalue weighted by Crippen LogP contribution is 2.30. The highest BCUT2D eigenvalue weighted by atomic mass is 19.1. The Morgan fingerprint density at radius 1 is 1.00 bits per heavy atom. The van der Waals surface area contributed by atoms with Crippen LogP contribution in [0.3, 0.4) is 0 Å². The van der Waals surface area contributed by atoms with Crippen LogP contribution in [0.1, 0.15) is 23.6 Å². The van der Waals surface area contributed by atoms with E-state index < -0.39 is 0 Å². The standard InChI is InChI=1S/C16H17FO/c1-4-13-9-11(2)16(12(3)10-13)18-15-7-5-14(17)6-8-15/h5-10H,4H2,1-3H3. The van der Waals surface area contributed by atoms with Gasteiger partial charge < -0.3 is 4.74 Å².